The van der Waals surface area contributed by atoms with E-state index in [-0.39, 0.29) is 15.6 Å². The summed E-state index contributed by atoms with van der Waals surface area (Å²) < 4.78 is 2.57. The van der Waals surface area contributed by atoms with Crippen LogP contribution in [0.4, 0.5) is 0 Å². The average molecular weight is 465 g/mol. The maximum atomic E-state index is 13.1. The first-order valence-corrected chi connectivity index (χ1v) is 11.3. The van der Waals surface area contributed by atoms with Gasteiger partial charge >= 0.3 is 4.87 Å². The molecule has 0 unspecified atom stereocenters. The van der Waals surface area contributed by atoms with Crippen molar-refractivity contribution in [3.63, 3.8) is 0 Å². The van der Waals surface area contributed by atoms with E-state index >= 15 is 0 Å². The number of nitrogens with zero attached hydrogens (tertiary/aromatic N) is 4. The third-order valence-corrected chi connectivity index (χ3v) is 6.90. The number of rotatable bonds is 4. The summed E-state index contributed by atoms with van der Waals surface area (Å²) in [6, 6.07) is 18.8. The molecule has 0 aliphatic carbocycles. The Labute approximate surface area is 189 Å². The Morgan fingerprint density at radius 1 is 1.00 bits per heavy atom. The van der Waals surface area contributed by atoms with E-state index in [2.05, 4.69) is 10.1 Å². The van der Waals surface area contributed by atoms with Crippen molar-refractivity contribution in [2.75, 3.05) is 0 Å². The molecular formula is C22H13ClN4O2S2. The fourth-order valence-corrected chi connectivity index (χ4v) is 5.25. The maximum absolute atomic E-state index is 13.1. The molecule has 0 fully saturated rings. The molecule has 2 aromatic carbocycles. The summed E-state index contributed by atoms with van der Waals surface area (Å²) in [5, 5.41) is 6.92. The van der Waals surface area contributed by atoms with Gasteiger partial charge in [-0.1, -0.05) is 71.5 Å². The molecule has 152 valence electrons. The number of hydrogen-bond acceptors (Lipinski definition) is 6. The van der Waals surface area contributed by atoms with Gasteiger partial charge in [0.25, 0.3) is 5.56 Å². The van der Waals surface area contributed by atoms with E-state index in [0.717, 1.165) is 27.1 Å². The number of fused-ring (bicyclic) bond motifs is 1. The van der Waals surface area contributed by atoms with Gasteiger partial charge in [0.2, 0.25) is 0 Å². The van der Waals surface area contributed by atoms with Crippen LogP contribution in [0.2, 0.25) is 5.15 Å². The number of thiazole rings is 1. The highest BCUT2D eigenvalue weighted by Crippen LogP contribution is 2.30. The highest BCUT2D eigenvalue weighted by Gasteiger charge is 2.15. The van der Waals surface area contributed by atoms with Gasteiger partial charge in [0.05, 0.1) is 22.2 Å². The lowest BCUT2D eigenvalue weighted by Gasteiger charge is -2.02. The molecule has 0 bridgehead atoms. The second kappa shape index (κ2) is 8.07. The maximum Gasteiger partial charge on any atom is 0.313 e. The van der Waals surface area contributed by atoms with Crippen LogP contribution in [0.1, 0.15) is 4.88 Å². The quantitative estimate of drug-likeness (QED) is 0.356. The molecule has 0 radical (unpaired) electrons. The molecule has 3 aromatic heterocycles. The van der Waals surface area contributed by atoms with Crippen LogP contribution in [-0.2, 0) is 0 Å². The second-order valence-corrected chi connectivity index (χ2v) is 8.74. The standard InChI is InChI=1S/C22H13ClN4O2S2/c23-19-17(31-22(29)27(19)15-9-5-2-6-10-15)11-25-26-13-24-20-18(21(26)28)16(12-30-20)14-7-3-1-4-8-14/h1-13H. The normalized spacial score (nSPS) is 11.5. The van der Waals surface area contributed by atoms with Crippen molar-refractivity contribution < 1.29 is 0 Å². The van der Waals surface area contributed by atoms with Gasteiger partial charge in [-0.3, -0.25) is 14.2 Å². The Morgan fingerprint density at radius 2 is 1.71 bits per heavy atom. The van der Waals surface area contributed by atoms with Gasteiger partial charge in [0.15, 0.2) is 0 Å². The van der Waals surface area contributed by atoms with Crippen LogP contribution in [0.15, 0.2) is 87.1 Å². The molecule has 5 aromatic rings. The van der Waals surface area contributed by atoms with Gasteiger partial charge in [-0.25, -0.2) is 4.98 Å². The zero-order valence-electron chi connectivity index (χ0n) is 15.8. The molecule has 5 rings (SSSR count). The average Bonchev–Trinajstić information content (AvgIpc) is 3.35. The predicted molar refractivity (Wildman–Crippen MR) is 127 cm³/mol. The number of thiophene rings is 1. The molecule has 31 heavy (non-hydrogen) atoms. The van der Waals surface area contributed by atoms with Gasteiger partial charge < -0.3 is 0 Å². The summed E-state index contributed by atoms with van der Waals surface area (Å²) in [6.45, 7) is 0. The first-order valence-electron chi connectivity index (χ1n) is 9.19. The van der Waals surface area contributed by atoms with E-state index in [9.17, 15) is 9.59 Å². The van der Waals surface area contributed by atoms with Crippen LogP contribution < -0.4 is 10.4 Å². The first kappa shape index (κ1) is 19.6. The van der Waals surface area contributed by atoms with Crippen LogP contribution >= 0.6 is 34.3 Å². The zero-order chi connectivity index (χ0) is 21.4. The summed E-state index contributed by atoms with van der Waals surface area (Å²) in [5.41, 5.74) is 2.14. The Balaban J connectivity index is 1.57. The minimum atomic E-state index is -0.285. The number of para-hydroxylation sites is 1. The SMILES string of the molecule is O=c1c2c(-c3ccccc3)csc2ncn1N=Cc1sc(=O)n(-c2ccccc2)c1Cl. The molecule has 0 atom stereocenters. The number of halogens is 1. The van der Waals surface area contributed by atoms with Gasteiger partial charge in [-0.15, -0.1) is 11.3 Å². The van der Waals surface area contributed by atoms with E-state index < -0.39 is 0 Å². The molecule has 9 heteroatoms. The second-order valence-electron chi connectivity index (χ2n) is 6.53. The lowest BCUT2D eigenvalue weighted by Crippen LogP contribution is -2.16. The first-order chi connectivity index (χ1) is 15.1. The van der Waals surface area contributed by atoms with Crippen molar-refractivity contribution in [3.05, 3.63) is 102 Å². The smallest absolute Gasteiger partial charge is 0.267 e. The molecule has 0 spiro atoms. The van der Waals surface area contributed by atoms with Crippen molar-refractivity contribution in [3.8, 4) is 16.8 Å². The Morgan fingerprint density at radius 3 is 2.45 bits per heavy atom. The van der Waals surface area contributed by atoms with Crippen LogP contribution in [0.3, 0.4) is 0 Å². The molecule has 0 amide bonds. The van der Waals surface area contributed by atoms with Crippen molar-refractivity contribution >= 4 is 50.7 Å². The summed E-state index contributed by atoms with van der Waals surface area (Å²) >= 11 is 8.80. The van der Waals surface area contributed by atoms with Gasteiger partial charge in [-0.2, -0.15) is 9.78 Å². The lowest BCUT2D eigenvalue weighted by molar-refractivity contribution is 0.819. The summed E-state index contributed by atoms with van der Waals surface area (Å²) in [5.74, 6) is 0. The highest BCUT2D eigenvalue weighted by molar-refractivity contribution is 7.17. The molecule has 3 heterocycles. The molecule has 0 aliphatic heterocycles. The Kier molecular flexibility index (Phi) is 5.11. The Bertz CT molecular complexity index is 1530. The third-order valence-electron chi connectivity index (χ3n) is 4.66. The molecule has 0 saturated carbocycles. The number of aromatic nitrogens is 3. The monoisotopic (exact) mass is 464 g/mol. The lowest BCUT2D eigenvalue weighted by atomic mass is 10.1. The van der Waals surface area contributed by atoms with Gasteiger partial charge in [-0.05, 0) is 17.7 Å². The predicted octanol–water partition coefficient (Wildman–Crippen LogP) is 4.87. The fraction of sp³-hybridized carbons (Fsp3) is 0. The van der Waals surface area contributed by atoms with E-state index in [1.54, 1.807) is 12.1 Å². The van der Waals surface area contributed by atoms with Crippen molar-refractivity contribution in [2.24, 2.45) is 5.10 Å². The zero-order valence-corrected chi connectivity index (χ0v) is 18.2. The number of hydrogen-bond donors (Lipinski definition) is 0. The minimum Gasteiger partial charge on any atom is -0.267 e. The van der Waals surface area contributed by atoms with Crippen molar-refractivity contribution in [2.45, 2.75) is 0 Å². The van der Waals surface area contributed by atoms with E-state index in [1.165, 1.54) is 28.4 Å². The van der Waals surface area contributed by atoms with Crippen LogP contribution in [0.25, 0.3) is 27.0 Å². The van der Waals surface area contributed by atoms with Crippen LogP contribution in [0.5, 0.6) is 0 Å². The van der Waals surface area contributed by atoms with Crippen molar-refractivity contribution in [1.29, 1.82) is 0 Å². The summed E-state index contributed by atoms with van der Waals surface area (Å²) in [6.07, 6.45) is 2.79. The molecule has 0 N–H and O–H groups in total. The number of benzene rings is 2. The van der Waals surface area contributed by atoms with Crippen molar-refractivity contribution in [1.82, 2.24) is 14.2 Å². The largest absolute Gasteiger partial charge is 0.313 e. The van der Waals surface area contributed by atoms with Crippen LogP contribution in [0, 0.1) is 0 Å². The van der Waals surface area contributed by atoms with Gasteiger partial charge in [0.1, 0.15) is 16.3 Å². The Hall–Kier alpha value is -3.33. The third kappa shape index (κ3) is 3.54. The molecule has 6 nitrogen and oxygen atoms in total. The van der Waals surface area contributed by atoms with E-state index in [1.807, 2.05) is 53.9 Å². The fourth-order valence-electron chi connectivity index (χ4n) is 3.20. The van der Waals surface area contributed by atoms with E-state index in [4.69, 9.17) is 11.6 Å². The topological polar surface area (TPSA) is 69.2 Å². The summed E-state index contributed by atoms with van der Waals surface area (Å²) in [7, 11) is 0. The van der Waals surface area contributed by atoms with E-state index in [0.29, 0.717) is 20.8 Å². The molecular weight excluding hydrogens is 452 g/mol. The minimum absolute atomic E-state index is 0.234. The van der Waals surface area contributed by atoms with Gasteiger partial charge in [0, 0.05) is 10.9 Å². The molecule has 0 saturated heterocycles. The molecule has 0 aliphatic rings. The summed E-state index contributed by atoms with van der Waals surface area (Å²) in [4.78, 5) is 30.8. The highest BCUT2D eigenvalue weighted by atomic mass is 35.5. The van der Waals surface area contributed by atoms with Crippen LogP contribution in [-0.4, -0.2) is 20.4 Å².